The summed E-state index contributed by atoms with van der Waals surface area (Å²) < 4.78 is 41.6. The van der Waals surface area contributed by atoms with E-state index in [4.69, 9.17) is 17.4 Å². The highest BCUT2D eigenvalue weighted by Gasteiger charge is 2.31. The number of aromatic amines is 1. The summed E-state index contributed by atoms with van der Waals surface area (Å²) in [5.41, 5.74) is 3.95. The number of nitrogens with two attached hydrogens (primary N) is 1. The number of halogens is 4. The molecule has 0 saturated heterocycles. The normalized spacial score (nSPS) is 12.5. The van der Waals surface area contributed by atoms with Gasteiger partial charge >= 0.3 is 6.36 Å². The van der Waals surface area contributed by atoms with Crippen LogP contribution < -0.4 is 15.9 Å². The smallest absolute Gasteiger partial charge is 0.406 e. The number of carbonyl (C=O) groups is 1. The first kappa shape index (κ1) is 29.3. The van der Waals surface area contributed by atoms with Crippen LogP contribution in [0, 0.1) is 0 Å². The number of allylic oxidation sites excluding steroid dienone is 3. The molecule has 0 aliphatic heterocycles. The van der Waals surface area contributed by atoms with E-state index in [0.717, 1.165) is 11.1 Å². The van der Waals surface area contributed by atoms with Crippen LogP contribution in [0.5, 0.6) is 5.75 Å². The van der Waals surface area contributed by atoms with Crippen LogP contribution in [0.15, 0.2) is 91.1 Å². The van der Waals surface area contributed by atoms with Crippen LogP contribution >= 0.6 is 11.6 Å². The molecule has 0 aliphatic rings. The van der Waals surface area contributed by atoms with Crippen molar-refractivity contribution in [3.63, 3.8) is 0 Å². The number of carbonyl (C=O) groups excluding carboxylic acids is 1. The average molecular weight is 584 g/mol. The van der Waals surface area contributed by atoms with Crippen molar-refractivity contribution in [3.05, 3.63) is 118 Å². The number of H-pyrrole nitrogens is 1. The highest BCUT2D eigenvalue weighted by molar-refractivity contribution is 6.30. The molecule has 0 aliphatic carbocycles. The minimum absolute atomic E-state index is 0.0564. The van der Waals surface area contributed by atoms with Gasteiger partial charge in [0.25, 0.3) is 11.9 Å². The molecule has 0 spiro atoms. The number of amides is 1. The Morgan fingerprint density at radius 1 is 1.10 bits per heavy atom. The van der Waals surface area contributed by atoms with E-state index >= 15 is 0 Å². The number of nitrogens with one attached hydrogen (secondary N) is 2. The molecule has 0 saturated carbocycles. The maximum Gasteiger partial charge on any atom is 0.573 e. The maximum absolute atomic E-state index is 12.5. The van der Waals surface area contributed by atoms with Crippen molar-refractivity contribution < 1.29 is 22.7 Å². The van der Waals surface area contributed by atoms with Gasteiger partial charge in [-0.15, -0.1) is 18.3 Å². The van der Waals surface area contributed by atoms with Crippen molar-refractivity contribution >= 4 is 29.0 Å². The van der Waals surface area contributed by atoms with Crippen LogP contribution in [0.2, 0.25) is 5.02 Å². The number of benzene rings is 3. The third-order valence-electron chi connectivity index (χ3n) is 6.07. The second-order valence-corrected chi connectivity index (χ2v) is 9.39. The lowest BCUT2D eigenvalue weighted by Gasteiger charge is -2.28. The molecule has 41 heavy (non-hydrogen) atoms. The van der Waals surface area contributed by atoms with Crippen LogP contribution in [0.3, 0.4) is 0 Å². The lowest BCUT2D eigenvalue weighted by Crippen LogP contribution is -2.32. The fourth-order valence-electron chi connectivity index (χ4n) is 3.95. The predicted octanol–water partition coefficient (Wildman–Crippen LogP) is 6.08. The molecule has 1 amide bonds. The Balaban J connectivity index is 1.55. The summed E-state index contributed by atoms with van der Waals surface area (Å²) in [6.45, 7) is 6.35. The quantitative estimate of drug-likeness (QED) is 0.117. The zero-order valence-electron chi connectivity index (χ0n) is 21.7. The summed E-state index contributed by atoms with van der Waals surface area (Å²) in [5.74, 6) is 5.69. The minimum Gasteiger partial charge on any atom is -0.406 e. The van der Waals surface area contributed by atoms with Gasteiger partial charge in [0, 0.05) is 22.2 Å². The van der Waals surface area contributed by atoms with Gasteiger partial charge in [-0.25, -0.2) is 5.84 Å². The molecule has 0 fully saturated rings. The van der Waals surface area contributed by atoms with Gasteiger partial charge in [0.2, 0.25) is 0 Å². The summed E-state index contributed by atoms with van der Waals surface area (Å²) in [6, 6.07) is 19.6. The number of alkyl halides is 3. The fraction of sp³-hybridized carbons (Fsp3) is 0.143. The Kier molecular flexibility index (Phi) is 9.05. The molecule has 13 heteroatoms. The van der Waals surface area contributed by atoms with Gasteiger partial charge in [0.1, 0.15) is 5.75 Å². The molecule has 1 heterocycles. The van der Waals surface area contributed by atoms with Crippen molar-refractivity contribution in [2.45, 2.75) is 25.7 Å². The first-order valence-corrected chi connectivity index (χ1v) is 12.5. The largest absolute Gasteiger partial charge is 0.573 e. The van der Waals surface area contributed by atoms with Gasteiger partial charge in [-0.1, -0.05) is 66.6 Å². The first-order chi connectivity index (χ1) is 19.5. The Bertz CT molecular complexity index is 1510. The summed E-state index contributed by atoms with van der Waals surface area (Å²) in [4.78, 5) is 12.4. The van der Waals surface area contributed by atoms with Gasteiger partial charge in [-0.3, -0.25) is 10.1 Å². The van der Waals surface area contributed by atoms with E-state index in [1.807, 2.05) is 19.1 Å². The monoisotopic (exact) mass is 583 g/mol. The third kappa shape index (κ3) is 8.16. The number of rotatable bonds is 10. The molecular weight excluding hydrogens is 559 g/mol. The highest BCUT2D eigenvalue weighted by Crippen LogP contribution is 2.31. The van der Waals surface area contributed by atoms with Crippen molar-refractivity contribution in [2.24, 2.45) is 5.84 Å². The van der Waals surface area contributed by atoms with Crippen molar-refractivity contribution in [1.29, 1.82) is 0 Å². The average Bonchev–Trinajstić information content (AvgIpc) is 3.44. The topological polar surface area (TPSA) is 122 Å². The Hall–Kier alpha value is -4.68. The molecule has 212 valence electrons. The Morgan fingerprint density at radius 3 is 2.32 bits per heavy atom. The van der Waals surface area contributed by atoms with E-state index in [-0.39, 0.29) is 24.2 Å². The zero-order chi connectivity index (χ0) is 29.6. The number of hydrogen-bond donors (Lipinski definition) is 3. The predicted molar refractivity (Wildman–Crippen MR) is 148 cm³/mol. The number of tetrazole rings is 1. The molecule has 3 aromatic carbocycles. The van der Waals surface area contributed by atoms with Crippen LogP contribution in [0.25, 0.3) is 5.57 Å². The molecular formula is C28H25ClF3N7O2. The van der Waals surface area contributed by atoms with E-state index in [1.54, 1.807) is 47.5 Å². The molecule has 9 nitrogen and oxygen atoms in total. The molecule has 4 aromatic rings. The lowest BCUT2D eigenvalue weighted by atomic mass is 9.94. The molecule has 1 unspecified atom stereocenters. The number of ether oxygens (including phenoxy) is 1. The summed E-state index contributed by atoms with van der Waals surface area (Å²) in [7, 11) is 0. The molecule has 1 aromatic heterocycles. The van der Waals surface area contributed by atoms with E-state index in [0.29, 0.717) is 27.4 Å². The SMILES string of the molecule is C=C(/C=C(/C(C)c1ccc(Cl)cc1)N(N)Cc1ccc(C(=O)Nc2nn[nH]n2)cc1)c1ccc(OC(F)(F)F)cc1. The fourth-order valence-corrected chi connectivity index (χ4v) is 4.08. The van der Waals surface area contributed by atoms with Crippen molar-refractivity contribution in [1.82, 2.24) is 25.6 Å². The molecule has 1 atom stereocenters. The van der Waals surface area contributed by atoms with E-state index in [1.165, 1.54) is 24.3 Å². The van der Waals surface area contributed by atoms with Gasteiger partial charge in [-0.2, -0.15) is 5.21 Å². The van der Waals surface area contributed by atoms with Crippen molar-refractivity contribution in [2.75, 3.05) is 5.32 Å². The van der Waals surface area contributed by atoms with Crippen molar-refractivity contribution in [3.8, 4) is 5.75 Å². The molecule has 4 rings (SSSR count). The summed E-state index contributed by atoms with van der Waals surface area (Å²) in [6.07, 6.45) is -3.00. The van der Waals surface area contributed by atoms with Crippen LogP contribution in [-0.4, -0.2) is 37.9 Å². The lowest BCUT2D eigenvalue weighted by molar-refractivity contribution is -0.274. The minimum atomic E-state index is -4.78. The number of anilines is 1. The first-order valence-electron chi connectivity index (χ1n) is 12.2. The van der Waals surface area contributed by atoms with Crippen LogP contribution in [0.1, 0.15) is 39.9 Å². The van der Waals surface area contributed by atoms with Crippen LogP contribution in [-0.2, 0) is 6.54 Å². The van der Waals surface area contributed by atoms with Gasteiger partial charge < -0.3 is 9.75 Å². The molecule has 4 N–H and O–H groups in total. The zero-order valence-corrected chi connectivity index (χ0v) is 22.4. The molecule has 0 bridgehead atoms. The maximum atomic E-state index is 12.5. The van der Waals surface area contributed by atoms with E-state index in [9.17, 15) is 18.0 Å². The molecule has 0 radical (unpaired) electrons. The van der Waals surface area contributed by atoms with E-state index < -0.39 is 12.3 Å². The van der Waals surface area contributed by atoms with Gasteiger partial charge in [0.05, 0.1) is 6.54 Å². The number of nitrogens with zero attached hydrogens (tertiary/aromatic N) is 4. The third-order valence-corrected chi connectivity index (χ3v) is 6.32. The van der Waals surface area contributed by atoms with Crippen LogP contribution in [0.4, 0.5) is 19.1 Å². The Morgan fingerprint density at radius 2 is 1.73 bits per heavy atom. The number of aromatic nitrogens is 4. The summed E-state index contributed by atoms with van der Waals surface area (Å²) in [5, 5.41) is 17.7. The standard InChI is InChI=1S/C28H25ClF3N7O2/c1-17(20-9-13-24(14-10-20)41-28(30,31)32)15-25(18(2)21-7-11-23(29)12-8-21)39(33)16-19-3-5-22(6-4-19)26(40)34-27-35-37-38-36-27/h3-15,18H,1,16,33H2,2H3,(H2,34,35,36,37,38,40)/b25-15-. The number of hydrogen-bond acceptors (Lipinski definition) is 7. The Labute approximate surface area is 238 Å². The van der Waals surface area contributed by atoms with Gasteiger partial charge in [-0.05, 0) is 70.0 Å². The second-order valence-electron chi connectivity index (χ2n) is 8.95. The highest BCUT2D eigenvalue weighted by atomic mass is 35.5. The summed E-state index contributed by atoms with van der Waals surface area (Å²) >= 11 is 6.07. The second kappa shape index (κ2) is 12.7. The van der Waals surface area contributed by atoms with E-state index in [2.05, 4.69) is 37.3 Å². The number of hydrazine groups is 1. The van der Waals surface area contributed by atoms with Gasteiger partial charge in [0.15, 0.2) is 0 Å².